The highest BCUT2D eigenvalue weighted by Crippen LogP contribution is 2.05. The largest absolute Gasteiger partial charge is 0.364 e. The van der Waals surface area contributed by atoms with Crippen LogP contribution in [0.5, 0.6) is 0 Å². The lowest BCUT2D eigenvalue weighted by Gasteiger charge is -2.04. The van der Waals surface area contributed by atoms with Crippen LogP contribution in [0, 0.1) is 12.7 Å². The van der Waals surface area contributed by atoms with Crippen molar-refractivity contribution in [1.82, 2.24) is 15.0 Å². The summed E-state index contributed by atoms with van der Waals surface area (Å²) in [5, 5.41) is 3.05. The maximum atomic E-state index is 12.6. The van der Waals surface area contributed by atoms with Gasteiger partial charge in [0.25, 0.3) is 0 Å². The third-order valence-electron chi connectivity index (χ3n) is 2.04. The van der Waals surface area contributed by atoms with E-state index in [0.29, 0.717) is 12.4 Å². The van der Waals surface area contributed by atoms with Gasteiger partial charge in [-0.25, -0.2) is 19.3 Å². The van der Waals surface area contributed by atoms with Crippen LogP contribution in [0.15, 0.2) is 30.7 Å². The molecule has 0 saturated heterocycles. The second-order valence-electron chi connectivity index (χ2n) is 3.37. The van der Waals surface area contributed by atoms with Crippen molar-refractivity contribution in [2.45, 2.75) is 13.5 Å². The number of halogens is 1. The summed E-state index contributed by atoms with van der Waals surface area (Å²) in [6.45, 7) is 2.45. The summed E-state index contributed by atoms with van der Waals surface area (Å²) in [7, 11) is 0. The van der Waals surface area contributed by atoms with Gasteiger partial charge in [-0.1, -0.05) is 0 Å². The van der Waals surface area contributed by atoms with E-state index < -0.39 is 0 Å². The van der Waals surface area contributed by atoms with Crippen molar-refractivity contribution in [3.05, 3.63) is 47.9 Å². The smallest absolute Gasteiger partial charge is 0.141 e. The molecule has 0 saturated carbocycles. The molecular formula is C11H11FN4. The van der Waals surface area contributed by atoms with Gasteiger partial charge in [0.05, 0.1) is 18.4 Å². The molecular weight excluding hydrogens is 207 g/mol. The molecule has 0 aliphatic rings. The standard InChI is InChI=1S/C11H11FN4/c1-8-4-10(16-7-15-8)6-14-11-3-2-9(12)5-13-11/h2-5,7H,6H2,1H3,(H,13,14). The van der Waals surface area contributed by atoms with E-state index in [9.17, 15) is 4.39 Å². The number of aromatic nitrogens is 3. The number of anilines is 1. The molecule has 0 radical (unpaired) electrons. The predicted molar refractivity (Wildman–Crippen MR) is 58.3 cm³/mol. The Bertz CT molecular complexity index is 470. The molecule has 1 N–H and O–H groups in total. The minimum Gasteiger partial charge on any atom is -0.364 e. The third kappa shape index (κ3) is 2.73. The number of pyridine rings is 1. The van der Waals surface area contributed by atoms with E-state index >= 15 is 0 Å². The number of rotatable bonds is 3. The fraction of sp³-hybridized carbons (Fsp3) is 0.182. The van der Waals surface area contributed by atoms with Gasteiger partial charge in [0.15, 0.2) is 0 Å². The van der Waals surface area contributed by atoms with Crippen LogP contribution in [-0.2, 0) is 6.54 Å². The molecule has 5 heteroatoms. The normalized spacial score (nSPS) is 10.1. The number of nitrogens with zero attached hydrogens (tertiary/aromatic N) is 3. The first-order valence-corrected chi connectivity index (χ1v) is 4.87. The summed E-state index contributed by atoms with van der Waals surface area (Å²) in [5.41, 5.74) is 1.79. The first kappa shape index (κ1) is 10.5. The molecule has 0 aliphatic heterocycles. The fourth-order valence-corrected chi connectivity index (χ4v) is 1.27. The minimum absolute atomic E-state index is 0.344. The maximum Gasteiger partial charge on any atom is 0.141 e. The van der Waals surface area contributed by atoms with E-state index in [-0.39, 0.29) is 5.82 Å². The van der Waals surface area contributed by atoms with E-state index in [1.54, 1.807) is 6.07 Å². The number of aryl methyl sites for hydroxylation is 1. The van der Waals surface area contributed by atoms with Gasteiger partial charge in [0.2, 0.25) is 0 Å². The Morgan fingerprint density at radius 1 is 1.25 bits per heavy atom. The van der Waals surface area contributed by atoms with Crippen LogP contribution in [0.3, 0.4) is 0 Å². The van der Waals surface area contributed by atoms with Crippen molar-refractivity contribution in [3.63, 3.8) is 0 Å². The van der Waals surface area contributed by atoms with Gasteiger partial charge < -0.3 is 5.32 Å². The lowest BCUT2D eigenvalue weighted by atomic mass is 10.3. The fourth-order valence-electron chi connectivity index (χ4n) is 1.27. The van der Waals surface area contributed by atoms with Gasteiger partial charge in [-0.3, -0.25) is 0 Å². The number of hydrogen-bond donors (Lipinski definition) is 1. The molecule has 82 valence electrons. The quantitative estimate of drug-likeness (QED) is 0.855. The molecule has 0 fully saturated rings. The van der Waals surface area contributed by atoms with Crippen LogP contribution in [0.2, 0.25) is 0 Å². The highest BCUT2D eigenvalue weighted by atomic mass is 19.1. The molecule has 0 atom stereocenters. The van der Waals surface area contributed by atoms with Crippen molar-refractivity contribution in [1.29, 1.82) is 0 Å². The molecule has 0 bridgehead atoms. The molecule has 2 rings (SSSR count). The topological polar surface area (TPSA) is 50.7 Å². The summed E-state index contributed by atoms with van der Waals surface area (Å²) < 4.78 is 12.6. The molecule has 0 aliphatic carbocycles. The molecule has 0 aromatic carbocycles. The molecule has 2 heterocycles. The Labute approximate surface area is 92.6 Å². The van der Waals surface area contributed by atoms with Gasteiger partial charge in [0.1, 0.15) is 18.0 Å². The van der Waals surface area contributed by atoms with Crippen molar-refractivity contribution >= 4 is 5.82 Å². The van der Waals surface area contributed by atoms with Crippen molar-refractivity contribution < 1.29 is 4.39 Å². The molecule has 0 unspecified atom stereocenters. The van der Waals surface area contributed by atoms with Gasteiger partial charge in [-0.05, 0) is 25.1 Å². The molecule has 2 aromatic rings. The zero-order valence-electron chi connectivity index (χ0n) is 8.81. The van der Waals surface area contributed by atoms with Gasteiger partial charge in [-0.15, -0.1) is 0 Å². The minimum atomic E-state index is -0.344. The predicted octanol–water partition coefficient (Wildman–Crippen LogP) is 1.93. The van der Waals surface area contributed by atoms with E-state index in [1.807, 2.05) is 13.0 Å². The number of nitrogens with one attached hydrogen (secondary N) is 1. The van der Waals surface area contributed by atoms with Gasteiger partial charge in [-0.2, -0.15) is 0 Å². The summed E-state index contributed by atoms with van der Waals surface area (Å²) in [4.78, 5) is 12.0. The van der Waals surface area contributed by atoms with Crippen molar-refractivity contribution in [2.24, 2.45) is 0 Å². The average Bonchev–Trinajstić information content (AvgIpc) is 2.28. The Morgan fingerprint density at radius 2 is 2.12 bits per heavy atom. The van der Waals surface area contributed by atoms with E-state index in [0.717, 1.165) is 11.4 Å². The van der Waals surface area contributed by atoms with E-state index in [2.05, 4.69) is 20.3 Å². The SMILES string of the molecule is Cc1cc(CNc2ccc(F)cn2)ncn1. The molecule has 4 nitrogen and oxygen atoms in total. The van der Waals surface area contributed by atoms with Crippen LogP contribution in [-0.4, -0.2) is 15.0 Å². The van der Waals surface area contributed by atoms with E-state index in [4.69, 9.17) is 0 Å². The Hall–Kier alpha value is -2.04. The van der Waals surface area contributed by atoms with Gasteiger partial charge in [0, 0.05) is 5.69 Å². The molecule has 16 heavy (non-hydrogen) atoms. The third-order valence-corrected chi connectivity index (χ3v) is 2.04. The summed E-state index contributed by atoms with van der Waals surface area (Å²) in [6, 6.07) is 4.83. The number of hydrogen-bond acceptors (Lipinski definition) is 4. The maximum absolute atomic E-state index is 12.6. The summed E-state index contributed by atoms with van der Waals surface area (Å²) >= 11 is 0. The second kappa shape index (κ2) is 4.65. The molecule has 2 aromatic heterocycles. The zero-order valence-corrected chi connectivity index (χ0v) is 8.81. The van der Waals surface area contributed by atoms with Crippen molar-refractivity contribution in [2.75, 3.05) is 5.32 Å². The van der Waals surface area contributed by atoms with Crippen LogP contribution < -0.4 is 5.32 Å². The first-order chi connectivity index (χ1) is 7.74. The Balaban J connectivity index is 1.99. The monoisotopic (exact) mass is 218 g/mol. The van der Waals surface area contributed by atoms with E-state index in [1.165, 1.54) is 18.6 Å². The summed E-state index contributed by atoms with van der Waals surface area (Å²) in [6.07, 6.45) is 2.69. The summed E-state index contributed by atoms with van der Waals surface area (Å²) in [5.74, 6) is 0.279. The molecule has 0 spiro atoms. The highest BCUT2D eigenvalue weighted by molar-refractivity contribution is 5.34. The Kier molecular flexibility index (Phi) is 3.05. The van der Waals surface area contributed by atoms with Crippen LogP contribution in [0.1, 0.15) is 11.4 Å². The Morgan fingerprint density at radius 3 is 2.81 bits per heavy atom. The van der Waals surface area contributed by atoms with Crippen molar-refractivity contribution in [3.8, 4) is 0 Å². The molecule has 0 amide bonds. The van der Waals surface area contributed by atoms with Crippen LogP contribution in [0.25, 0.3) is 0 Å². The first-order valence-electron chi connectivity index (χ1n) is 4.87. The lowest BCUT2D eigenvalue weighted by Crippen LogP contribution is -2.03. The zero-order chi connectivity index (χ0) is 11.4. The van der Waals surface area contributed by atoms with Gasteiger partial charge >= 0.3 is 0 Å². The highest BCUT2D eigenvalue weighted by Gasteiger charge is 1.97. The lowest BCUT2D eigenvalue weighted by molar-refractivity contribution is 0.621. The second-order valence-corrected chi connectivity index (χ2v) is 3.37. The average molecular weight is 218 g/mol. The van der Waals surface area contributed by atoms with Crippen LogP contribution in [0.4, 0.5) is 10.2 Å². The van der Waals surface area contributed by atoms with Crippen LogP contribution >= 0.6 is 0 Å².